The van der Waals surface area contributed by atoms with Gasteiger partial charge in [0.1, 0.15) is 6.54 Å². The lowest BCUT2D eigenvalue weighted by atomic mass is 10.1. The number of carbonyl (C=O) groups is 1. The second-order valence-corrected chi connectivity index (χ2v) is 6.42. The lowest BCUT2D eigenvalue weighted by molar-refractivity contribution is -0.122. The van der Waals surface area contributed by atoms with Gasteiger partial charge in [0, 0.05) is 36.3 Å². The number of nitrogens with one attached hydrogen (secondary N) is 1. The van der Waals surface area contributed by atoms with E-state index in [9.17, 15) is 4.79 Å². The molecular formula is C18H25N3O2. The third kappa shape index (κ3) is 3.92. The van der Waals surface area contributed by atoms with Crippen LogP contribution in [0, 0.1) is 0 Å². The Morgan fingerprint density at radius 2 is 2.30 bits per heavy atom. The summed E-state index contributed by atoms with van der Waals surface area (Å²) in [6.45, 7) is 3.74. The molecule has 1 aromatic heterocycles. The van der Waals surface area contributed by atoms with E-state index in [0.717, 1.165) is 31.4 Å². The smallest absolute Gasteiger partial charge is 0.240 e. The van der Waals surface area contributed by atoms with Crippen LogP contribution in [0.4, 0.5) is 0 Å². The zero-order valence-electron chi connectivity index (χ0n) is 13.6. The Morgan fingerprint density at radius 3 is 3.04 bits per heavy atom. The number of benzene rings is 1. The van der Waals surface area contributed by atoms with Crippen LogP contribution in [0.1, 0.15) is 25.3 Å². The summed E-state index contributed by atoms with van der Waals surface area (Å²) in [6, 6.07) is 8.26. The summed E-state index contributed by atoms with van der Waals surface area (Å²) in [6.07, 6.45) is 5.16. The highest BCUT2D eigenvalue weighted by Crippen LogP contribution is 2.22. The fourth-order valence-corrected chi connectivity index (χ4v) is 3.21. The number of ether oxygens (including phenoxy) is 1. The summed E-state index contributed by atoms with van der Waals surface area (Å²) in [4.78, 5) is 12.2. The van der Waals surface area contributed by atoms with Crippen LogP contribution in [-0.4, -0.2) is 35.8 Å². The van der Waals surface area contributed by atoms with Crippen LogP contribution in [0.25, 0.3) is 10.9 Å². The minimum absolute atomic E-state index is 0.0219. The van der Waals surface area contributed by atoms with Gasteiger partial charge in [-0.05, 0) is 37.8 Å². The maximum atomic E-state index is 12.2. The van der Waals surface area contributed by atoms with Gasteiger partial charge in [0.05, 0.1) is 6.10 Å². The summed E-state index contributed by atoms with van der Waals surface area (Å²) in [5.74, 6) is 0.0219. The second-order valence-electron chi connectivity index (χ2n) is 6.42. The van der Waals surface area contributed by atoms with Gasteiger partial charge in [-0.2, -0.15) is 0 Å². The molecule has 2 aromatic rings. The van der Waals surface area contributed by atoms with Gasteiger partial charge in [0.25, 0.3) is 0 Å². The molecule has 3 rings (SSSR count). The van der Waals surface area contributed by atoms with Gasteiger partial charge >= 0.3 is 0 Å². The lowest BCUT2D eigenvalue weighted by Gasteiger charge is -2.11. The van der Waals surface area contributed by atoms with E-state index in [0.29, 0.717) is 13.1 Å². The van der Waals surface area contributed by atoms with Crippen molar-refractivity contribution in [1.82, 2.24) is 9.88 Å². The topological polar surface area (TPSA) is 69.3 Å². The number of para-hydroxylation sites is 1. The zero-order valence-corrected chi connectivity index (χ0v) is 13.6. The molecule has 1 aromatic carbocycles. The van der Waals surface area contributed by atoms with E-state index >= 15 is 0 Å². The average Bonchev–Trinajstić information content (AvgIpc) is 3.14. The molecule has 1 aliphatic heterocycles. The second kappa shape index (κ2) is 7.15. The van der Waals surface area contributed by atoms with E-state index in [1.807, 2.05) is 29.7 Å². The highest BCUT2D eigenvalue weighted by Gasteiger charge is 2.17. The maximum absolute atomic E-state index is 12.2. The maximum Gasteiger partial charge on any atom is 0.240 e. The molecular weight excluding hydrogens is 290 g/mol. The summed E-state index contributed by atoms with van der Waals surface area (Å²) in [7, 11) is 0. The third-order valence-electron chi connectivity index (χ3n) is 4.28. The first-order chi connectivity index (χ1) is 11.1. The van der Waals surface area contributed by atoms with E-state index in [1.54, 1.807) is 0 Å². The number of hydrogen-bond donors (Lipinski definition) is 2. The first-order valence-electron chi connectivity index (χ1n) is 8.34. The number of nitrogens with two attached hydrogens (primary N) is 1. The molecule has 0 radical (unpaired) electrons. The van der Waals surface area contributed by atoms with Crippen LogP contribution in [0.3, 0.4) is 0 Å². The zero-order chi connectivity index (χ0) is 16.2. The van der Waals surface area contributed by atoms with Crippen molar-refractivity contribution in [1.29, 1.82) is 0 Å². The van der Waals surface area contributed by atoms with Crippen molar-refractivity contribution in [2.45, 2.75) is 44.9 Å². The quantitative estimate of drug-likeness (QED) is 0.854. The van der Waals surface area contributed by atoms with E-state index in [1.165, 1.54) is 10.9 Å². The Bertz CT molecular complexity index is 672. The van der Waals surface area contributed by atoms with E-state index in [2.05, 4.69) is 17.6 Å². The number of fused-ring (bicyclic) bond motifs is 1. The van der Waals surface area contributed by atoms with Crippen molar-refractivity contribution in [3.8, 4) is 0 Å². The van der Waals surface area contributed by atoms with Crippen molar-refractivity contribution >= 4 is 16.8 Å². The number of rotatable bonds is 6. The molecule has 1 saturated heterocycles. The first kappa shape index (κ1) is 16.0. The number of nitrogens with zero attached hydrogens (tertiary/aromatic N) is 1. The van der Waals surface area contributed by atoms with Crippen molar-refractivity contribution < 1.29 is 9.53 Å². The molecule has 1 amide bonds. The Labute approximate surface area is 136 Å². The van der Waals surface area contributed by atoms with Crippen molar-refractivity contribution in [3.63, 3.8) is 0 Å². The van der Waals surface area contributed by atoms with Crippen molar-refractivity contribution in [3.05, 3.63) is 36.0 Å². The Kier molecular flexibility index (Phi) is 4.98. The van der Waals surface area contributed by atoms with Gasteiger partial charge in [-0.25, -0.2) is 0 Å². The molecule has 2 atom stereocenters. The summed E-state index contributed by atoms with van der Waals surface area (Å²) < 4.78 is 7.55. The molecule has 1 fully saturated rings. The Morgan fingerprint density at radius 1 is 1.48 bits per heavy atom. The molecule has 23 heavy (non-hydrogen) atoms. The minimum Gasteiger partial charge on any atom is -0.376 e. The van der Waals surface area contributed by atoms with Crippen molar-refractivity contribution in [2.75, 3.05) is 13.2 Å². The van der Waals surface area contributed by atoms with E-state index in [-0.39, 0.29) is 18.1 Å². The number of amides is 1. The molecule has 2 heterocycles. The molecule has 0 spiro atoms. The normalized spacial score (nSPS) is 19.1. The minimum atomic E-state index is 0.0219. The predicted octanol–water partition coefficient (Wildman–Crippen LogP) is 1.83. The number of carbonyl (C=O) groups excluding carboxylic acids is 1. The van der Waals surface area contributed by atoms with Crippen molar-refractivity contribution in [2.24, 2.45) is 5.73 Å². The molecule has 124 valence electrons. The van der Waals surface area contributed by atoms with Gasteiger partial charge in [-0.15, -0.1) is 0 Å². The van der Waals surface area contributed by atoms with Crippen LogP contribution in [0.2, 0.25) is 0 Å². The van der Waals surface area contributed by atoms with Crippen LogP contribution in [0.15, 0.2) is 30.5 Å². The Balaban J connectivity index is 1.70. The summed E-state index contributed by atoms with van der Waals surface area (Å²) in [5, 5.41) is 4.16. The predicted molar refractivity (Wildman–Crippen MR) is 91.3 cm³/mol. The fourth-order valence-electron chi connectivity index (χ4n) is 3.21. The monoisotopic (exact) mass is 315 g/mol. The van der Waals surface area contributed by atoms with E-state index < -0.39 is 0 Å². The van der Waals surface area contributed by atoms with Crippen LogP contribution in [0.5, 0.6) is 0 Å². The largest absolute Gasteiger partial charge is 0.376 e. The van der Waals surface area contributed by atoms with Gasteiger partial charge in [0.2, 0.25) is 5.91 Å². The molecule has 1 aliphatic rings. The molecule has 5 heteroatoms. The standard InChI is InChI=1S/C18H25N3O2/c1-13(19)9-14-11-21(17-7-3-2-6-16(14)17)12-18(22)20-10-15-5-4-8-23-15/h2-3,6-7,11,13,15H,4-5,8-10,12,19H2,1H3,(H,20,22). The Hall–Kier alpha value is -1.85. The number of hydrogen-bond acceptors (Lipinski definition) is 3. The molecule has 2 unspecified atom stereocenters. The van der Waals surface area contributed by atoms with Crippen LogP contribution >= 0.6 is 0 Å². The molecule has 5 nitrogen and oxygen atoms in total. The van der Waals surface area contributed by atoms with Gasteiger partial charge in [-0.3, -0.25) is 4.79 Å². The van der Waals surface area contributed by atoms with Crippen LogP contribution in [-0.2, 0) is 22.5 Å². The summed E-state index contributed by atoms with van der Waals surface area (Å²) in [5.41, 5.74) is 8.22. The molecule has 0 bridgehead atoms. The SMILES string of the molecule is CC(N)Cc1cn(CC(=O)NCC2CCCO2)c2ccccc12. The summed E-state index contributed by atoms with van der Waals surface area (Å²) >= 11 is 0. The molecule has 3 N–H and O–H groups in total. The van der Waals surface area contributed by atoms with Gasteiger partial charge in [-0.1, -0.05) is 18.2 Å². The van der Waals surface area contributed by atoms with Crippen LogP contribution < -0.4 is 11.1 Å². The molecule has 0 saturated carbocycles. The highest BCUT2D eigenvalue weighted by atomic mass is 16.5. The van der Waals surface area contributed by atoms with Gasteiger partial charge in [0.15, 0.2) is 0 Å². The first-order valence-corrected chi connectivity index (χ1v) is 8.34. The highest BCUT2D eigenvalue weighted by molar-refractivity contribution is 5.86. The third-order valence-corrected chi connectivity index (χ3v) is 4.28. The molecule has 0 aliphatic carbocycles. The number of aromatic nitrogens is 1. The lowest BCUT2D eigenvalue weighted by Crippen LogP contribution is -2.34. The average molecular weight is 315 g/mol. The van der Waals surface area contributed by atoms with E-state index in [4.69, 9.17) is 10.5 Å². The fraction of sp³-hybridized carbons (Fsp3) is 0.500. The van der Waals surface area contributed by atoms with Gasteiger partial charge < -0.3 is 20.4 Å².